The van der Waals surface area contributed by atoms with Crippen LogP contribution in [0.3, 0.4) is 0 Å². The topological polar surface area (TPSA) is 20.2 Å². The van der Waals surface area contributed by atoms with Crippen molar-refractivity contribution < 1.29 is 33.6 Å². The molecule has 1 heterocycles. The fourth-order valence-corrected chi connectivity index (χ4v) is 9.20. The van der Waals surface area contributed by atoms with Crippen molar-refractivity contribution in [2.45, 2.75) is 96.6 Å². The fraction of sp³-hybridized carbons (Fsp3) is 1.00. The number of rotatable bonds is 1. The third-order valence-electron chi connectivity index (χ3n) is 11.1. The van der Waals surface area contributed by atoms with Gasteiger partial charge in [-0.1, -0.05) is 13.8 Å². The van der Waals surface area contributed by atoms with E-state index in [0.717, 1.165) is 36.1 Å². The lowest BCUT2D eigenvalue weighted by Gasteiger charge is -2.61. The zero-order valence-electron chi connectivity index (χ0n) is 17.9. The molecule has 8 atom stereocenters. The van der Waals surface area contributed by atoms with Crippen LogP contribution in [0.2, 0.25) is 0 Å². The first-order chi connectivity index (χ1) is 12.4. The Hall–Kier alpha value is 0.650. The first kappa shape index (κ1) is 20.9. The van der Waals surface area contributed by atoms with Crippen molar-refractivity contribution in [1.29, 1.82) is 0 Å². The largest absolute Gasteiger partial charge is 1.00 e. The third kappa shape index (κ3) is 2.99. The molecule has 0 spiro atoms. The summed E-state index contributed by atoms with van der Waals surface area (Å²) < 4.78 is 1.40. The van der Waals surface area contributed by atoms with Crippen LogP contribution < -0.4 is 24.0 Å². The molecule has 0 amide bonds. The molecular formula is C24H42INO. The van der Waals surface area contributed by atoms with Crippen LogP contribution in [0.1, 0.15) is 84.5 Å². The maximum absolute atomic E-state index is 10.7. The second kappa shape index (κ2) is 7.11. The molecule has 5 fully saturated rings. The van der Waals surface area contributed by atoms with Crippen molar-refractivity contribution >= 4 is 0 Å². The number of hydrogen-bond donors (Lipinski definition) is 1. The lowest BCUT2D eigenvalue weighted by molar-refractivity contribution is -0.924. The number of likely N-dealkylation sites (tertiary alicyclic amines) is 1. The highest BCUT2D eigenvalue weighted by Gasteiger charge is 2.61. The summed E-state index contributed by atoms with van der Waals surface area (Å²) in [6, 6.07) is 0.953. The van der Waals surface area contributed by atoms with Crippen LogP contribution in [0, 0.1) is 34.5 Å². The summed E-state index contributed by atoms with van der Waals surface area (Å²) >= 11 is 0. The van der Waals surface area contributed by atoms with Gasteiger partial charge in [-0.25, -0.2) is 0 Å². The second-order valence-corrected chi connectivity index (χ2v) is 11.9. The van der Waals surface area contributed by atoms with Crippen LogP contribution >= 0.6 is 0 Å². The van der Waals surface area contributed by atoms with Crippen LogP contribution in [0.5, 0.6) is 0 Å². The molecule has 0 aromatic carbocycles. The van der Waals surface area contributed by atoms with Crippen LogP contribution in [0.25, 0.3) is 0 Å². The minimum Gasteiger partial charge on any atom is -1.00 e. The zero-order valence-corrected chi connectivity index (χ0v) is 20.1. The van der Waals surface area contributed by atoms with Gasteiger partial charge in [0.1, 0.15) is 0 Å². The highest BCUT2D eigenvalue weighted by atomic mass is 127. The van der Waals surface area contributed by atoms with Gasteiger partial charge < -0.3 is 33.6 Å². The van der Waals surface area contributed by atoms with Crippen molar-refractivity contribution in [3.8, 4) is 0 Å². The molecule has 156 valence electrons. The Labute approximate surface area is 184 Å². The monoisotopic (exact) mass is 487 g/mol. The number of quaternary nitrogens is 1. The third-order valence-corrected chi connectivity index (χ3v) is 11.1. The second-order valence-electron chi connectivity index (χ2n) is 11.9. The molecule has 0 aromatic rings. The van der Waals surface area contributed by atoms with Gasteiger partial charge in [0.15, 0.2) is 0 Å². The molecular weight excluding hydrogens is 445 g/mol. The molecule has 1 aliphatic heterocycles. The first-order valence-electron chi connectivity index (χ1n) is 11.9. The summed E-state index contributed by atoms with van der Waals surface area (Å²) in [5, 5.41) is 10.7. The summed E-state index contributed by atoms with van der Waals surface area (Å²) in [6.07, 6.45) is 15.4. The van der Waals surface area contributed by atoms with E-state index in [4.69, 9.17) is 0 Å². The molecule has 4 saturated carbocycles. The molecule has 2 nitrogen and oxygen atoms in total. The van der Waals surface area contributed by atoms with Gasteiger partial charge in [-0.3, -0.25) is 0 Å². The van der Waals surface area contributed by atoms with Crippen LogP contribution in [-0.4, -0.2) is 41.9 Å². The number of hydrogen-bond acceptors (Lipinski definition) is 1. The van der Waals surface area contributed by atoms with E-state index in [9.17, 15) is 5.11 Å². The van der Waals surface area contributed by atoms with E-state index < -0.39 is 0 Å². The lowest BCUT2D eigenvalue weighted by Crippen LogP contribution is -3.00. The van der Waals surface area contributed by atoms with E-state index in [1.54, 1.807) is 0 Å². The van der Waals surface area contributed by atoms with Crippen molar-refractivity contribution in [3.05, 3.63) is 0 Å². The van der Waals surface area contributed by atoms with E-state index in [2.05, 4.69) is 20.9 Å². The Kier molecular flexibility index (Phi) is 5.51. The Balaban J connectivity index is 0.00000180. The predicted molar refractivity (Wildman–Crippen MR) is 107 cm³/mol. The van der Waals surface area contributed by atoms with Gasteiger partial charge >= 0.3 is 0 Å². The van der Waals surface area contributed by atoms with Crippen molar-refractivity contribution in [2.24, 2.45) is 34.5 Å². The number of halogens is 1. The Morgan fingerprint density at radius 2 is 1.48 bits per heavy atom. The number of fused-ring (bicyclic) bond motifs is 5. The molecule has 1 N–H and O–H groups in total. The van der Waals surface area contributed by atoms with Gasteiger partial charge in [-0.2, -0.15) is 0 Å². The molecule has 3 heteroatoms. The average molecular weight is 488 g/mol. The Morgan fingerprint density at radius 1 is 0.815 bits per heavy atom. The van der Waals surface area contributed by atoms with E-state index in [-0.39, 0.29) is 35.5 Å². The van der Waals surface area contributed by atoms with E-state index in [1.807, 2.05) is 0 Å². The predicted octanol–water partition coefficient (Wildman–Crippen LogP) is 2.00. The van der Waals surface area contributed by atoms with Crippen molar-refractivity contribution in [2.75, 3.05) is 20.1 Å². The molecule has 0 bridgehead atoms. The molecule has 1 saturated heterocycles. The van der Waals surface area contributed by atoms with Gasteiger partial charge in [0.2, 0.25) is 0 Å². The minimum absolute atomic E-state index is 0. The quantitative estimate of drug-likeness (QED) is 0.443. The van der Waals surface area contributed by atoms with Gasteiger partial charge in [0, 0.05) is 19.3 Å². The van der Waals surface area contributed by atoms with Crippen LogP contribution in [-0.2, 0) is 0 Å². The summed E-state index contributed by atoms with van der Waals surface area (Å²) in [5.41, 5.74) is 0.850. The van der Waals surface area contributed by atoms with E-state index in [0.29, 0.717) is 5.41 Å². The molecule has 27 heavy (non-hydrogen) atoms. The van der Waals surface area contributed by atoms with Crippen molar-refractivity contribution in [3.63, 3.8) is 0 Å². The molecule has 0 aromatic heterocycles. The standard InChI is InChI=1S/C24H42NO.HI/c1-23-12-10-18(25(3)14-4-5-15-25)16-17(23)6-7-19-20-8-9-22(26)24(20,2)13-11-21(19)23;/h17-22,26H,4-16H2,1-3H3;1H/q+1;/p-1. The lowest BCUT2D eigenvalue weighted by atomic mass is 9.45. The zero-order chi connectivity index (χ0) is 18.2. The smallest absolute Gasteiger partial charge is 0.0891 e. The van der Waals surface area contributed by atoms with E-state index in [1.165, 1.54) is 81.8 Å². The Morgan fingerprint density at radius 3 is 2.22 bits per heavy atom. The normalized spacial score (nSPS) is 53.8. The maximum Gasteiger partial charge on any atom is 0.0891 e. The molecule has 0 radical (unpaired) electrons. The summed E-state index contributed by atoms with van der Waals surface area (Å²) in [7, 11) is 2.57. The fourth-order valence-electron chi connectivity index (χ4n) is 9.20. The minimum atomic E-state index is -0.0191. The van der Waals surface area contributed by atoms with Crippen LogP contribution in [0.15, 0.2) is 0 Å². The van der Waals surface area contributed by atoms with Gasteiger partial charge in [0.25, 0.3) is 0 Å². The average Bonchev–Trinajstić information content (AvgIpc) is 3.19. The van der Waals surface area contributed by atoms with Gasteiger partial charge in [-0.15, -0.1) is 0 Å². The maximum atomic E-state index is 10.7. The first-order valence-corrected chi connectivity index (χ1v) is 11.9. The number of aliphatic hydroxyl groups excluding tert-OH is 1. The van der Waals surface area contributed by atoms with Crippen molar-refractivity contribution in [1.82, 2.24) is 0 Å². The van der Waals surface area contributed by atoms with Crippen LogP contribution in [0.4, 0.5) is 0 Å². The highest BCUT2D eigenvalue weighted by Crippen LogP contribution is 2.66. The molecule has 4 aliphatic carbocycles. The Bertz CT molecular complexity index is 561. The SMILES string of the molecule is CC12CCC3C(CCC4CC([N+]5(C)CCCC5)CCC43C)C1CCC2O.[I-]. The summed E-state index contributed by atoms with van der Waals surface area (Å²) in [5.74, 6) is 3.67. The molecule has 5 rings (SSSR count). The number of nitrogens with zero attached hydrogens (tertiary/aromatic N) is 1. The summed E-state index contributed by atoms with van der Waals surface area (Å²) in [4.78, 5) is 0. The highest BCUT2D eigenvalue weighted by molar-refractivity contribution is 5.09. The molecule has 8 unspecified atom stereocenters. The number of aliphatic hydroxyl groups is 1. The van der Waals surface area contributed by atoms with Gasteiger partial charge in [-0.05, 0) is 85.9 Å². The van der Waals surface area contributed by atoms with E-state index >= 15 is 0 Å². The summed E-state index contributed by atoms with van der Waals surface area (Å²) in [6.45, 7) is 8.01. The van der Waals surface area contributed by atoms with Gasteiger partial charge in [0.05, 0.1) is 32.3 Å². The molecule has 5 aliphatic rings.